The van der Waals surface area contributed by atoms with Gasteiger partial charge in [-0.25, -0.2) is 4.98 Å². The number of aromatic nitrogens is 2. The lowest BCUT2D eigenvalue weighted by Crippen LogP contribution is -2.28. The van der Waals surface area contributed by atoms with E-state index in [0.29, 0.717) is 60.0 Å². The van der Waals surface area contributed by atoms with Gasteiger partial charge in [-0.1, -0.05) is 73.4 Å². The van der Waals surface area contributed by atoms with Crippen molar-refractivity contribution in [2.75, 3.05) is 32.1 Å². The number of nitrogens with one attached hydrogen (secondary N) is 2. The van der Waals surface area contributed by atoms with Crippen LogP contribution in [0.2, 0.25) is 10.0 Å². The van der Waals surface area contributed by atoms with Gasteiger partial charge in [0.1, 0.15) is 16.9 Å². The Labute approximate surface area is 335 Å². The minimum Gasteiger partial charge on any atom is -0.481 e. The number of rotatable bonds is 16. The number of ether oxygens (including phenoxy) is 2. The van der Waals surface area contributed by atoms with Gasteiger partial charge < -0.3 is 35.4 Å². The zero-order valence-corrected chi connectivity index (χ0v) is 32.8. The molecule has 5 N–H and O–H groups in total. The van der Waals surface area contributed by atoms with Gasteiger partial charge in [-0.3, -0.25) is 19.3 Å². The highest BCUT2D eigenvalue weighted by Gasteiger charge is 2.39. The molecule has 4 atom stereocenters. The highest BCUT2D eigenvalue weighted by atomic mass is 35.5. The van der Waals surface area contributed by atoms with Gasteiger partial charge in [-0.15, -0.1) is 0 Å². The number of anilines is 1. The van der Waals surface area contributed by atoms with Gasteiger partial charge in [-0.2, -0.15) is 4.98 Å². The van der Waals surface area contributed by atoms with Crippen LogP contribution >= 0.6 is 23.2 Å². The van der Waals surface area contributed by atoms with E-state index in [1.165, 1.54) is 7.11 Å². The van der Waals surface area contributed by atoms with Crippen molar-refractivity contribution in [2.45, 2.75) is 58.4 Å². The van der Waals surface area contributed by atoms with E-state index in [2.05, 4.69) is 39.3 Å². The van der Waals surface area contributed by atoms with E-state index in [9.17, 15) is 24.6 Å². The molecule has 0 unspecified atom stereocenters. The number of aliphatic carboxylic acids is 2. The number of carbonyl (C=O) groups is 3. The van der Waals surface area contributed by atoms with Crippen molar-refractivity contribution in [1.82, 2.24) is 20.2 Å². The molecule has 2 aliphatic rings. The molecule has 1 aliphatic heterocycles. The van der Waals surface area contributed by atoms with Crippen LogP contribution in [0.25, 0.3) is 11.1 Å². The van der Waals surface area contributed by atoms with Crippen LogP contribution in [0.15, 0.2) is 60.8 Å². The third-order valence-corrected chi connectivity index (χ3v) is 11.0. The minimum atomic E-state index is -1.09. The number of methoxy groups -OCH3 is 1. The van der Waals surface area contributed by atoms with E-state index >= 15 is 0 Å². The average molecular weight is 807 g/mol. The van der Waals surface area contributed by atoms with E-state index in [4.69, 9.17) is 37.8 Å². The third-order valence-electron chi connectivity index (χ3n) is 10.4. The fraction of sp³-hybridized carbons (Fsp3) is 0.390. The average Bonchev–Trinajstić information content (AvgIpc) is 3.78. The van der Waals surface area contributed by atoms with Crippen LogP contribution in [-0.2, 0) is 29.1 Å². The number of pyridine rings is 2. The number of aliphatic hydroxyl groups is 1. The largest absolute Gasteiger partial charge is 0.481 e. The highest BCUT2D eigenvalue weighted by molar-refractivity contribution is 6.37. The van der Waals surface area contributed by atoms with Crippen molar-refractivity contribution in [2.24, 2.45) is 17.8 Å². The molecule has 13 nitrogen and oxygen atoms in total. The molecule has 0 spiro atoms. The topological polar surface area (TPSA) is 183 Å². The number of nitrogens with zero attached hydrogens (tertiary/aromatic N) is 3. The Hall–Kier alpha value is -4.79. The van der Waals surface area contributed by atoms with Crippen LogP contribution in [0.3, 0.4) is 0 Å². The molecule has 15 heteroatoms. The number of carbonyl (C=O) groups excluding carboxylic acids is 1. The summed E-state index contributed by atoms with van der Waals surface area (Å²) in [6.45, 7) is 6.19. The van der Waals surface area contributed by atoms with Crippen LogP contribution in [0.4, 0.5) is 5.82 Å². The van der Waals surface area contributed by atoms with Gasteiger partial charge in [0.15, 0.2) is 0 Å². The smallest absolute Gasteiger partial charge is 0.308 e. The highest BCUT2D eigenvalue weighted by Crippen LogP contribution is 2.43. The number of aliphatic hydroxyl groups excluding tert-OH is 1. The monoisotopic (exact) mass is 805 g/mol. The van der Waals surface area contributed by atoms with Crippen molar-refractivity contribution in [3.8, 4) is 22.9 Å². The number of amides is 1. The summed E-state index contributed by atoms with van der Waals surface area (Å²) in [6.07, 6.45) is 1.24. The Morgan fingerprint density at radius 3 is 2.46 bits per heavy atom. The predicted octanol–water partition coefficient (Wildman–Crippen LogP) is 6.49. The van der Waals surface area contributed by atoms with Crippen molar-refractivity contribution in [3.63, 3.8) is 0 Å². The van der Waals surface area contributed by atoms with E-state index in [1.54, 1.807) is 30.5 Å². The van der Waals surface area contributed by atoms with Crippen LogP contribution in [0.1, 0.15) is 65.4 Å². The van der Waals surface area contributed by atoms with Gasteiger partial charge in [0.25, 0.3) is 5.91 Å². The molecular weight excluding hydrogens is 761 g/mol. The molecule has 296 valence electrons. The van der Waals surface area contributed by atoms with Gasteiger partial charge in [0.2, 0.25) is 11.8 Å². The van der Waals surface area contributed by atoms with Gasteiger partial charge >= 0.3 is 11.9 Å². The lowest BCUT2D eigenvalue weighted by Gasteiger charge is -2.19. The maximum Gasteiger partial charge on any atom is 0.308 e. The van der Waals surface area contributed by atoms with E-state index in [0.717, 1.165) is 22.3 Å². The first-order chi connectivity index (χ1) is 26.8. The molecule has 1 saturated heterocycles. The molecule has 1 aliphatic carbocycles. The van der Waals surface area contributed by atoms with Crippen LogP contribution in [0, 0.1) is 17.8 Å². The van der Waals surface area contributed by atoms with Crippen molar-refractivity contribution in [3.05, 3.63) is 98.7 Å². The molecule has 4 aromatic rings. The number of hydrogen-bond acceptors (Lipinski definition) is 10. The molecule has 3 heterocycles. The summed E-state index contributed by atoms with van der Waals surface area (Å²) < 4.78 is 11.8. The molecule has 2 aromatic heterocycles. The van der Waals surface area contributed by atoms with Crippen molar-refractivity contribution in [1.29, 1.82) is 0 Å². The number of halogens is 2. The van der Waals surface area contributed by atoms with Gasteiger partial charge in [0, 0.05) is 50.0 Å². The quantitative estimate of drug-likeness (QED) is 0.0831. The number of carboxylic acid groups (broad SMARTS) is 2. The summed E-state index contributed by atoms with van der Waals surface area (Å²) in [5, 5.41) is 34.8. The molecule has 1 fully saturated rings. The summed E-state index contributed by atoms with van der Waals surface area (Å²) in [7, 11) is 1.47. The van der Waals surface area contributed by atoms with Gasteiger partial charge in [-0.05, 0) is 65.1 Å². The molecule has 6 rings (SSSR count). The van der Waals surface area contributed by atoms with E-state index in [-0.39, 0.29) is 54.2 Å². The molecule has 0 saturated carbocycles. The number of likely N-dealkylation sites (tertiary alicyclic amines) is 1. The summed E-state index contributed by atoms with van der Waals surface area (Å²) >= 11 is 13.6. The normalized spacial score (nSPS) is 18.4. The second-order valence-corrected chi connectivity index (χ2v) is 15.3. The van der Waals surface area contributed by atoms with Crippen LogP contribution in [-0.4, -0.2) is 80.9 Å². The van der Waals surface area contributed by atoms with Crippen LogP contribution in [0.5, 0.6) is 11.8 Å². The summed E-state index contributed by atoms with van der Waals surface area (Å²) in [5.74, 6) is -1.44. The molecule has 0 radical (unpaired) electrons. The zero-order chi connectivity index (χ0) is 40.1. The summed E-state index contributed by atoms with van der Waals surface area (Å²) in [4.78, 5) is 47.3. The Morgan fingerprint density at radius 2 is 1.79 bits per heavy atom. The molecule has 56 heavy (non-hydrogen) atoms. The molecular formula is C41H45Cl2N5O8. The Balaban J connectivity index is 1.12. The molecule has 1 amide bonds. The second kappa shape index (κ2) is 18.0. The standard InChI is InChI=1S/C41H45Cl2N5O8/c1-22(2)31-20-48(21-32(31)41(53)54)19-23-10-13-35(45-16-23)46-38(52)30-9-5-8-29(37(30)43)26-6-4-7-28-27(26)11-12-34(28)56-40-33(42)14-24(39(47-40)55-3)17-44-18-25(49)15-36(50)51/h4-10,13-14,16,22,25,31-32,34,44,49H,11-12,15,17-21H2,1-3H3,(H,50,51)(H,53,54)(H,45,46,52)/t25-,31+,32-,34-/m0/s1. The number of fused-ring (bicyclic) bond motifs is 1. The lowest BCUT2D eigenvalue weighted by atomic mass is 9.86. The Bertz CT molecular complexity index is 2080. The molecule has 0 bridgehead atoms. The first-order valence-electron chi connectivity index (χ1n) is 18.5. The fourth-order valence-corrected chi connectivity index (χ4v) is 8.11. The van der Waals surface area contributed by atoms with E-state index in [1.807, 2.05) is 30.3 Å². The maximum absolute atomic E-state index is 13.5. The second-order valence-electron chi connectivity index (χ2n) is 14.6. The number of carboxylic acids is 2. The first-order valence-corrected chi connectivity index (χ1v) is 19.2. The van der Waals surface area contributed by atoms with Crippen molar-refractivity contribution < 1.29 is 39.2 Å². The van der Waals surface area contributed by atoms with Crippen molar-refractivity contribution >= 4 is 46.9 Å². The maximum atomic E-state index is 13.5. The first kappa shape index (κ1) is 40.9. The zero-order valence-electron chi connectivity index (χ0n) is 31.3. The minimum absolute atomic E-state index is 0.0630. The lowest BCUT2D eigenvalue weighted by molar-refractivity contribution is -0.143. The Kier molecular flexibility index (Phi) is 13.1. The Morgan fingerprint density at radius 1 is 1.02 bits per heavy atom. The van der Waals surface area contributed by atoms with Gasteiger partial charge in [0.05, 0.1) is 36.1 Å². The predicted molar refractivity (Wildman–Crippen MR) is 211 cm³/mol. The number of hydrogen-bond donors (Lipinski definition) is 5. The molecule has 2 aromatic carbocycles. The SMILES string of the molecule is COc1nc(O[C@H]2CCc3c(-c4cccc(C(=O)Nc5ccc(CN6C[C@H](C(=O)O)[C@@H](C(C)C)C6)cn5)c4Cl)cccc32)c(Cl)cc1CNC[C@@H](O)CC(=O)O. The fourth-order valence-electron chi connectivity index (χ4n) is 7.58. The van der Waals surface area contributed by atoms with E-state index < -0.39 is 29.9 Å². The van der Waals surface area contributed by atoms with Crippen LogP contribution < -0.4 is 20.1 Å². The third kappa shape index (κ3) is 9.42. The number of benzene rings is 2. The summed E-state index contributed by atoms with van der Waals surface area (Å²) in [6, 6.07) is 16.5. The summed E-state index contributed by atoms with van der Waals surface area (Å²) in [5.41, 5.74) is 5.39.